The Morgan fingerprint density at radius 3 is 2.56 bits per heavy atom. The molecule has 1 atom stereocenters. The summed E-state index contributed by atoms with van der Waals surface area (Å²) in [6.45, 7) is 1.62. The molecule has 0 radical (unpaired) electrons. The Morgan fingerprint density at radius 1 is 1.44 bits per heavy atom. The number of amides is 1. The van der Waals surface area contributed by atoms with Gasteiger partial charge in [0.1, 0.15) is 5.75 Å². The summed E-state index contributed by atoms with van der Waals surface area (Å²) in [5.74, 6) is -1.03. The van der Waals surface area contributed by atoms with Gasteiger partial charge in [0.2, 0.25) is 5.60 Å². The smallest absolute Gasteiger partial charge is 0.411 e. The van der Waals surface area contributed by atoms with E-state index in [1.807, 2.05) is 0 Å². The zero-order valence-electron chi connectivity index (χ0n) is 9.79. The molecule has 96 valence electrons. The molecule has 1 aromatic carbocycles. The number of phenolic OH excluding ortho intramolecular Hbond substituents is 1. The van der Waals surface area contributed by atoms with Crippen molar-refractivity contribution in [2.24, 2.45) is 0 Å². The van der Waals surface area contributed by atoms with Crippen LogP contribution in [0.3, 0.4) is 0 Å². The SMILES string of the molecule is CC1(C(=O)O)CN(Cc2ccc(O)cc2)C(=O)O1. The minimum Gasteiger partial charge on any atom is -0.508 e. The first-order chi connectivity index (χ1) is 8.40. The van der Waals surface area contributed by atoms with Crippen LogP contribution >= 0.6 is 0 Å². The van der Waals surface area contributed by atoms with Gasteiger partial charge in [-0.3, -0.25) is 4.90 Å². The molecule has 0 aliphatic carbocycles. The zero-order chi connectivity index (χ0) is 13.3. The summed E-state index contributed by atoms with van der Waals surface area (Å²) in [5.41, 5.74) is -0.701. The predicted molar refractivity (Wildman–Crippen MR) is 61.0 cm³/mol. The molecule has 0 saturated carbocycles. The number of hydrogen-bond acceptors (Lipinski definition) is 4. The Bertz CT molecular complexity index is 484. The molecule has 2 rings (SSSR count). The van der Waals surface area contributed by atoms with Gasteiger partial charge in [0, 0.05) is 6.54 Å². The fraction of sp³-hybridized carbons (Fsp3) is 0.333. The molecule has 2 N–H and O–H groups in total. The molecule has 1 saturated heterocycles. The molecule has 1 amide bonds. The van der Waals surface area contributed by atoms with E-state index in [0.29, 0.717) is 0 Å². The molecule has 1 aromatic rings. The number of carboxylic acid groups (broad SMARTS) is 1. The summed E-state index contributed by atoms with van der Waals surface area (Å²) in [4.78, 5) is 23.9. The highest BCUT2D eigenvalue weighted by atomic mass is 16.6. The number of phenols is 1. The van der Waals surface area contributed by atoms with Gasteiger partial charge >= 0.3 is 12.1 Å². The Morgan fingerprint density at radius 2 is 2.06 bits per heavy atom. The number of ether oxygens (including phenoxy) is 1. The van der Waals surface area contributed by atoms with Crippen LogP contribution in [0.25, 0.3) is 0 Å². The second-order valence-electron chi connectivity index (χ2n) is 4.43. The normalized spacial score (nSPS) is 22.9. The van der Waals surface area contributed by atoms with Crippen molar-refractivity contribution in [3.63, 3.8) is 0 Å². The molecule has 6 heteroatoms. The number of rotatable bonds is 3. The number of carboxylic acids is 1. The van der Waals surface area contributed by atoms with Gasteiger partial charge in [-0.2, -0.15) is 0 Å². The van der Waals surface area contributed by atoms with E-state index in [2.05, 4.69) is 0 Å². The highest BCUT2D eigenvalue weighted by Crippen LogP contribution is 2.24. The summed E-state index contributed by atoms with van der Waals surface area (Å²) in [6, 6.07) is 6.35. The third-order valence-corrected chi connectivity index (χ3v) is 2.83. The molecule has 6 nitrogen and oxygen atoms in total. The molecule has 1 aliphatic heterocycles. The fourth-order valence-corrected chi connectivity index (χ4v) is 1.77. The molecule has 0 aromatic heterocycles. The van der Waals surface area contributed by atoms with Crippen LogP contribution in [0.2, 0.25) is 0 Å². The van der Waals surface area contributed by atoms with Crippen molar-refractivity contribution >= 4 is 12.1 Å². The van der Waals surface area contributed by atoms with Crippen LogP contribution in [-0.2, 0) is 16.1 Å². The molecule has 1 unspecified atom stereocenters. The molecule has 18 heavy (non-hydrogen) atoms. The lowest BCUT2D eigenvalue weighted by Gasteiger charge is -2.16. The molecule has 1 aliphatic rings. The van der Waals surface area contributed by atoms with E-state index in [1.165, 1.54) is 24.0 Å². The van der Waals surface area contributed by atoms with Crippen molar-refractivity contribution in [1.82, 2.24) is 4.90 Å². The van der Waals surface area contributed by atoms with Gasteiger partial charge in [0.15, 0.2) is 0 Å². The average molecular weight is 251 g/mol. The average Bonchev–Trinajstić information content (AvgIpc) is 2.59. The number of nitrogens with zero attached hydrogens (tertiary/aromatic N) is 1. The van der Waals surface area contributed by atoms with Gasteiger partial charge in [-0.1, -0.05) is 12.1 Å². The van der Waals surface area contributed by atoms with E-state index < -0.39 is 17.7 Å². The number of cyclic esters (lactones) is 1. The van der Waals surface area contributed by atoms with E-state index in [1.54, 1.807) is 12.1 Å². The van der Waals surface area contributed by atoms with E-state index in [-0.39, 0.29) is 18.8 Å². The summed E-state index contributed by atoms with van der Waals surface area (Å²) in [5, 5.41) is 18.1. The Balaban J connectivity index is 2.09. The molecular formula is C12H13NO5. The monoisotopic (exact) mass is 251 g/mol. The second kappa shape index (κ2) is 4.21. The third kappa shape index (κ3) is 2.22. The maximum atomic E-state index is 11.6. The first-order valence-electron chi connectivity index (χ1n) is 5.40. The van der Waals surface area contributed by atoms with Crippen LogP contribution in [0.5, 0.6) is 5.75 Å². The lowest BCUT2D eigenvalue weighted by atomic mass is 10.1. The van der Waals surface area contributed by atoms with Crippen molar-refractivity contribution in [2.75, 3.05) is 6.54 Å². The van der Waals surface area contributed by atoms with E-state index >= 15 is 0 Å². The number of aromatic hydroxyl groups is 1. The zero-order valence-corrected chi connectivity index (χ0v) is 9.79. The van der Waals surface area contributed by atoms with E-state index in [9.17, 15) is 9.59 Å². The van der Waals surface area contributed by atoms with Gasteiger partial charge in [0.25, 0.3) is 0 Å². The van der Waals surface area contributed by atoms with Crippen LogP contribution in [0.1, 0.15) is 12.5 Å². The second-order valence-corrected chi connectivity index (χ2v) is 4.43. The minimum atomic E-state index is -1.49. The van der Waals surface area contributed by atoms with Gasteiger partial charge in [-0.25, -0.2) is 9.59 Å². The quantitative estimate of drug-likeness (QED) is 0.842. The number of aliphatic carboxylic acids is 1. The molecule has 0 spiro atoms. The summed E-state index contributed by atoms with van der Waals surface area (Å²) < 4.78 is 4.86. The van der Waals surface area contributed by atoms with Crippen molar-refractivity contribution in [3.8, 4) is 5.75 Å². The van der Waals surface area contributed by atoms with Crippen LogP contribution in [0, 0.1) is 0 Å². The highest BCUT2D eigenvalue weighted by molar-refractivity contribution is 5.84. The number of benzene rings is 1. The third-order valence-electron chi connectivity index (χ3n) is 2.83. The number of hydrogen-bond donors (Lipinski definition) is 2. The first kappa shape index (κ1) is 12.2. The largest absolute Gasteiger partial charge is 0.508 e. The summed E-state index contributed by atoms with van der Waals surface area (Å²) in [7, 11) is 0. The summed E-state index contributed by atoms with van der Waals surface area (Å²) in [6.07, 6.45) is -0.645. The molecule has 1 heterocycles. The van der Waals surface area contributed by atoms with Crippen molar-refractivity contribution in [1.29, 1.82) is 0 Å². The molecule has 1 fully saturated rings. The fourth-order valence-electron chi connectivity index (χ4n) is 1.77. The van der Waals surface area contributed by atoms with Crippen molar-refractivity contribution in [3.05, 3.63) is 29.8 Å². The highest BCUT2D eigenvalue weighted by Gasteiger charge is 2.47. The first-order valence-corrected chi connectivity index (χ1v) is 5.40. The lowest BCUT2D eigenvalue weighted by molar-refractivity contribution is -0.153. The van der Waals surface area contributed by atoms with Crippen LogP contribution in [0.4, 0.5) is 4.79 Å². The minimum absolute atomic E-state index is 0.00203. The van der Waals surface area contributed by atoms with Gasteiger partial charge in [0.05, 0.1) is 6.54 Å². The number of carbonyl (C=O) groups excluding carboxylic acids is 1. The number of carbonyl (C=O) groups is 2. The van der Waals surface area contributed by atoms with Crippen LogP contribution in [0.15, 0.2) is 24.3 Å². The van der Waals surface area contributed by atoms with Gasteiger partial charge < -0.3 is 14.9 Å². The van der Waals surface area contributed by atoms with Gasteiger partial charge in [-0.05, 0) is 24.6 Å². The Kier molecular flexibility index (Phi) is 2.86. The van der Waals surface area contributed by atoms with Crippen LogP contribution in [-0.4, -0.2) is 39.3 Å². The predicted octanol–water partition coefficient (Wildman–Crippen LogP) is 1.19. The maximum absolute atomic E-state index is 11.6. The Hall–Kier alpha value is -2.24. The molecule has 0 bridgehead atoms. The Labute approximate surface area is 103 Å². The maximum Gasteiger partial charge on any atom is 0.411 e. The standard InChI is InChI=1S/C12H13NO5/c1-12(10(15)16)7-13(11(17)18-12)6-8-2-4-9(14)5-3-8/h2-5,14H,6-7H2,1H3,(H,15,16). The van der Waals surface area contributed by atoms with Crippen molar-refractivity contribution < 1.29 is 24.5 Å². The van der Waals surface area contributed by atoms with Crippen molar-refractivity contribution in [2.45, 2.75) is 19.1 Å². The van der Waals surface area contributed by atoms with Crippen LogP contribution < -0.4 is 0 Å². The topological polar surface area (TPSA) is 87.1 Å². The summed E-state index contributed by atoms with van der Waals surface area (Å²) >= 11 is 0. The van der Waals surface area contributed by atoms with E-state index in [0.717, 1.165) is 5.56 Å². The molecular weight excluding hydrogens is 238 g/mol. The lowest BCUT2D eigenvalue weighted by Crippen LogP contribution is -2.39. The van der Waals surface area contributed by atoms with E-state index in [4.69, 9.17) is 14.9 Å². The van der Waals surface area contributed by atoms with Gasteiger partial charge in [-0.15, -0.1) is 0 Å².